The van der Waals surface area contributed by atoms with Gasteiger partial charge in [0.25, 0.3) is 0 Å². The fourth-order valence-corrected chi connectivity index (χ4v) is 4.37. The molecule has 8 nitrogen and oxygen atoms in total. The van der Waals surface area contributed by atoms with Crippen molar-refractivity contribution in [1.82, 2.24) is 9.80 Å². The molecular formula is C23H36N2O6. The van der Waals surface area contributed by atoms with Gasteiger partial charge in [-0.15, -0.1) is 0 Å². The Morgan fingerprint density at radius 2 is 1.74 bits per heavy atom. The number of aliphatic carboxylic acids is 2. The van der Waals surface area contributed by atoms with Gasteiger partial charge in [0, 0.05) is 38.8 Å². The lowest BCUT2D eigenvalue weighted by Crippen LogP contribution is -2.50. The Morgan fingerprint density at radius 1 is 1.06 bits per heavy atom. The molecule has 31 heavy (non-hydrogen) atoms. The normalized spacial score (nSPS) is 22.2. The highest BCUT2D eigenvalue weighted by atomic mass is 16.5. The molecule has 1 saturated heterocycles. The number of hydrogen-bond donors (Lipinski definition) is 2. The van der Waals surface area contributed by atoms with Crippen LogP contribution in [0.25, 0.3) is 0 Å². The van der Waals surface area contributed by atoms with Crippen molar-refractivity contribution in [2.24, 2.45) is 5.92 Å². The second kappa shape index (κ2) is 12.5. The summed E-state index contributed by atoms with van der Waals surface area (Å²) in [4.78, 5) is 23.5. The summed E-state index contributed by atoms with van der Waals surface area (Å²) in [6.07, 6.45) is 5.64. The second-order valence-electron chi connectivity index (χ2n) is 8.27. The first-order valence-electron chi connectivity index (χ1n) is 11.1. The smallest absolute Gasteiger partial charge is 0.414 e. The first-order valence-corrected chi connectivity index (χ1v) is 11.1. The number of methoxy groups -OCH3 is 1. The van der Waals surface area contributed by atoms with Crippen molar-refractivity contribution in [3.63, 3.8) is 0 Å². The fourth-order valence-electron chi connectivity index (χ4n) is 4.37. The third-order valence-electron chi connectivity index (χ3n) is 5.95. The number of benzene rings is 1. The highest BCUT2D eigenvalue weighted by Gasteiger charge is 2.27. The van der Waals surface area contributed by atoms with Crippen LogP contribution < -0.4 is 9.47 Å². The van der Waals surface area contributed by atoms with Crippen molar-refractivity contribution < 1.29 is 29.3 Å². The molecule has 2 aliphatic rings. The lowest BCUT2D eigenvalue weighted by atomic mass is 9.86. The maximum Gasteiger partial charge on any atom is 0.414 e. The van der Waals surface area contributed by atoms with E-state index in [-0.39, 0.29) is 0 Å². The number of ether oxygens (including phenoxy) is 2. The standard InChI is InChI=1S/C21H34N2O2.C2H2O4/c1-4-25-21-15-18(8-9-20(21)24-3)16-22-10-12-23(13-11-22)19-7-5-6-17(2)14-19;3-1(4)2(5)6/h8-9,15,17,19H,4-7,10-14,16H2,1-3H3;(H,3,4)(H,5,6). The maximum absolute atomic E-state index is 9.10. The molecule has 0 aromatic heterocycles. The molecule has 2 fully saturated rings. The quantitative estimate of drug-likeness (QED) is 0.657. The Hall–Kier alpha value is -2.32. The molecule has 1 saturated carbocycles. The molecule has 1 aromatic rings. The predicted octanol–water partition coefficient (Wildman–Crippen LogP) is 2.95. The Morgan fingerprint density at radius 3 is 2.29 bits per heavy atom. The molecule has 0 bridgehead atoms. The SMILES string of the molecule is CCOc1cc(CN2CCN(C3CCCC(C)C3)CC2)ccc1OC.O=C(O)C(=O)O. The van der Waals surface area contributed by atoms with Gasteiger partial charge in [-0.2, -0.15) is 0 Å². The minimum Gasteiger partial charge on any atom is -0.493 e. The molecule has 0 amide bonds. The number of piperazine rings is 1. The Balaban J connectivity index is 0.000000501. The average molecular weight is 437 g/mol. The molecule has 1 aliphatic carbocycles. The van der Waals surface area contributed by atoms with Crippen LogP contribution in [-0.4, -0.2) is 77.9 Å². The largest absolute Gasteiger partial charge is 0.493 e. The summed E-state index contributed by atoms with van der Waals surface area (Å²) in [6.45, 7) is 10.9. The van der Waals surface area contributed by atoms with Crippen LogP contribution in [0.4, 0.5) is 0 Å². The summed E-state index contributed by atoms with van der Waals surface area (Å²) in [6, 6.07) is 7.16. The third-order valence-corrected chi connectivity index (χ3v) is 5.95. The average Bonchev–Trinajstić information content (AvgIpc) is 2.75. The van der Waals surface area contributed by atoms with Crippen LogP contribution in [0, 0.1) is 5.92 Å². The van der Waals surface area contributed by atoms with Gasteiger partial charge in [-0.05, 0) is 43.4 Å². The van der Waals surface area contributed by atoms with Gasteiger partial charge in [0.15, 0.2) is 11.5 Å². The first-order chi connectivity index (χ1) is 14.8. The molecule has 1 aliphatic heterocycles. The zero-order valence-electron chi connectivity index (χ0n) is 18.9. The Labute approximate surface area is 184 Å². The van der Waals surface area contributed by atoms with Gasteiger partial charge in [-0.3, -0.25) is 9.80 Å². The zero-order chi connectivity index (χ0) is 22.8. The lowest BCUT2D eigenvalue weighted by molar-refractivity contribution is -0.159. The minimum absolute atomic E-state index is 0.665. The molecular weight excluding hydrogens is 400 g/mol. The van der Waals surface area contributed by atoms with E-state index < -0.39 is 11.9 Å². The van der Waals surface area contributed by atoms with Crippen molar-refractivity contribution in [1.29, 1.82) is 0 Å². The molecule has 2 N–H and O–H groups in total. The molecule has 1 heterocycles. The molecule has 1 aromatic carbocycles. The molecule has 2 unspecified atom stereocenters. The predicted molar refractivity (Wildman–Crippen MR) is 118 cm³/mol. The van der Waals surface area contributed by atoms with Crippen LogP contribution in [0.2, 0.25) is 0 Å². The molecule has 0 radical (unpaired) electrons. The highest BCUT2D eigenvalue weighted by Crippen LogP contribution is 2.30. The summed E-state index contributed by atoms with van der Waals surface area (Å²) in [5.41, 5.74) is 1.31. The van der Waals surface area contributed by atoms with Crippen LogP contribution in [0.5, 0.6) is 11.5 Å². The van der Waals surface area contributed by atoms with E-state index in [1.807, 2.05) is 13.0 Å². The highest BCUT2D eigenvalue weighted by molar-refractivity contribution is 6.27. The van der Waals surface area contributed by atoms with Gasteiger partial charge in [0.1, 0.15) is 0 Å². The van der Waals surface area contributed by atoms with E-state index >= 15 is 0 Å². The van der Waals surface area contributed by atoms with Gasteiger partial charge >= 0.3 is 11.9 Å². The molecule has 0 spiro atoms. The summed E-state index contributed by atoms with van der Waals surface area (Å²) < 4.78 is 11.1. The number of carbonyl (C=O) groups is 2. The summed E-state index contributed by atoms with van der Waals surface area (Å²) in [5, 5.41) is 14.8. The minimum atomic E-state index is -1.82. The van der Waals surface area contributed by atoms with E-state index in [2.05, 4.69) is 28.9 Å². The van der Waals surface area contributed by atoms with Gasteiger partial charge in [0.05, 0.1) is 13.7 Å². The number of carboxylic acids is 2. The van der Waals surface area contributed by atoms with Gasteiger partial charge in [-0.1, -0.05) is 25.8 Å². The molecule has 3 rings (SSSR count). The first kappa shape index (κ1) is 24.9. The van der Waals surface area contributed by atoms with E-state index in [4.69, 9.17) is 29.3 Å². The van der Waals surface area contributed by atoms with E-state index in [1.165, 1.54) is 57.4 Å². The maximum atomic E-state index is 9.10. The fraction of sp³-hybridized carbons (Fsp3) is 0.652. The Kier molecular flexibility index (Phi) is 10.1. The summed E-state index contributed by atoms with van der Waals surface area (Å²) in [5.74, 6) is -1.06. The van der Waals surface area contributed by atoms with Crippen LogP contribution in [0.3, 0.4) is 0 Å². The van der Waals surface area contributed by atoms with Crippen molar-refractivity contribution in [3.05, 3.63) is 23.8 Å². The van der Waals surface area contributed by atoms with Crippen molar-refractivity contribution in [2.45, 2.75) is 52.1 Å². The summed E-state index contributed by atoms with van der Waals surface area (Å²) >= 11 is 0. The number of carboxylic acid groups (broad SMARTS) is 2. The summed E-state index contributed by atoms with van der Waals surface area (Å²) in [7, 11) is 1.70. The van der Waals surface area contributed by atoms with Crippen LogP contribution in [0.15, 0.2) is 18.2 Å². The molecule has 2 atom stereocenters. The van der Waals surface area contributed by atoms with Crippen molar-refractivity contribution >= 4 is 11.9 Å². The molecule has 174 valence electrons. The van der Waals surface area contributed by atoms with Gasteiger partial charge in [-0.25, -0.2) is 9.59 Å². The molecule has 8 heteroatoms. The van der Waals surface area contributed by atoms with E-state index in [1.54, 1.807) is 7.11 Å². The van der Waals surface area contributed by atoms with E-state index in [0.717, 1.165) is 30.0 Å². The topological polar surface area (TPSA) is 99.5 Å². The monoisotopic (exact) mass is 436 g/mol. The Bertz CT molecular complexity index is 706. The van der Waals surface area contributed by atoms with Crippen LogP contribution in [-0.2, 0) is 16.1 Å². The lowest BCUT2D eigenvalue weighted by Gasteiger charge is -2.42. The van der Waals surface area contributed by atoms with E-state index in [0.29, 0.717) is 6.61 Å². The van der Waals surface area contributed by atoms with E-state index in [9.17, 15) is 0 Å². The van der Waals surface area contributed by atoms with Crippen molar-refractivity contribution in [2.75, 3.05) is 39.9 Å². The van der Waals surface area contributed by atoms with Crippen LogP contribution >= 0.6 is 0 Å². The van der Waals surface area contributed by atoms with Crippen LogP contribution in [0.1, 0.15) is 45.1 Å². The number of nitrogens with zero attached hydrogens (tertiary/aromatic N) is 2. The zero-order valence-corrected chi connectivity index (χ0v) is 18.9. The second-order valence-corrected chi connectivity index (χ2v) is 8.27. The number of rotatable bonds is 6. The van der Waals surface area contributed by atoms with Gasteiger partial charge in [0.2, 0.25) is 0 Å². The third kappa shape index (κ3) is 8.03. The van der Waals surface area contributed by atoms with Gasteiger partial charge < -0.3 is 19.7 Å². The van der Waals surface area contributed by atoms with Crippen molar-refractivity contribution in [3.8, 4) is 11.5 Å². The number of hydrogen-bond acceptors (Lipinski definition) is 6.